The zero-order valence-corrected chi connectivity index (χ0v) is 16.3. The molecule has 1 aromatic carbocycles. The molecule has 1 N–H and O–H groups in total. The van der Waals surface area contributed by atoms with Gasteiger partial charge in [0, 0.05) is 12.0 Å². The number of alkyl halides is 3. The second kappa shape index (κ2) is 9.57. The quantitative estimate of drug-likeness (QED) is 0.712. The number of ether oxygens (including phenoxy) is 1. The molecular weight excluding hydrogens is 377 g/mol. The summed E-state index contributed by atoms with van der Waals surface area (Å²) in [5.74, 6) is -2.28. The summed E-state index contributed by atoms with van der Waals surface area (Å²) in [5, 5.41) is 2.43. The van der Waals surface area contributed by atoms with Crippen molar-refractivity contribution in [3.05, 3.63) is 35.9 Å². The van der Waals surface area contributed by atoms with E-state index >= 15 is 0 Å². The molecule has 1 rings (SSSR count). The molecule has 9 heteroatoms. The lowest BCUT2D eigenvalue weighted by molar-refractivity contribution is -0.168. The van der Waals surface area contributed by atoms with Crippen LogP contribution in [-0.4, -0.2) is 48.1 Å². The van der Waals surface area contributed by atoms with Gasteiger partial charge in [0.25, 0.3) is 5.91 Å². The molecule has 0 aliphatic carbocycles. The van der Waals surface area contributed by atoms with Crippen LogP contribution < -0.4 is 5.32 Å². The van der Waals surface area contributed by atoms with Gasteiger partial charge in [-0.1, -0.05) is 51.1 Å². The number of benzene rings is 1. The molecule has 0 heterocycles. The minimum absolute atomic E-state index is 0.271. The van der Waals surface area contributed by atoms with Crippen LogP contribution in [0.15, 0.2) is 30.3 Å². The monoisotopic (exact) mass is 402 g/mol. The minimum atomic E-state index is -4.59. The van der Waals surface area contributed by atoms with Crippen molar-refractivity contribution < 1.29 is 32.3 Å². The Kier molecular flexibility index (Phi) is 8.01. The van der Waals surface area contributed by atoms with Gasteiger partial charge in [-0.15, -0.1) is 0 Å². The number of halogens is 3. The van der Waals surface area contributed by atoms with Crippen molar-refractivity contribution in [1.29, 1.82) is 0 Å². The van der Waals surface area contributed by atoms with Gasteiger partial charge in [-0.3, -0.25) is 9.59 Å². The number of carbonyl (C=O) groups is 3. The number of rotatable bonds is 7. The first kappa shape index (κ1) is 23.5. The van der Waals surface area contributed by atoms with E-state index in [0.29, 0.717) is 10.5 Å². The zero-order valence-electron chi connectivity index (χ0n) is 16.3. The third-order valence-electron chi connectivity index (χ3n) is 3.66. The van der Waals surface area contributed by atoms with Crippen molar-refractivity contribution in [2.45, 2.75) is 46.5 Å². The van der Waals surface area contributed by atoms with Crippen LogP contribution >= 0.6 is 0 Å². The molecule has 0 aromatic heterocycles. The average Bonchev–Trinajstić information content (AvgIpc) is 2.57. The summed E-state index contributed by atoms with van der Waals surface area (Å²) in [6, 6.07) is 7.13. The van der Waals surface area contributed by atoms with E-state index in [1.54, 1.807) is 51.1 Å². The van der Waals surface area contributed by atoms with E-state index in [4.69, 9.17) is 4.74 Å². The van der Waals surface area contributed by atoms with Crippen LogP contribution in [0.2, 0.25) is 0 Å². The molecule has 0 spiro atoms. The van der Waals surface area contributed by atoms with Crippen molar-refractivity contribution in [1.82, 2.24) is 10.2 Å². The molecule has 6 nitrogen and oxygen atoms in total. The Morgan fingerprint density at radius 1 is 1.11 bits per heavy atom. The molecule has 2 amide bonds. The van der Waals surface area contributed by atoms with Gasteiger partial charge in [0.15, 0.2) is 6.61 Å². The maximum absolute atomic E-state index is 12.8. The standard InChI is InChI=1S/C19H25F3N2O4/c1-13(23-17(27)18(2,3)4)16(26)28-11-15(25)24(12-19(20,21)22)10-14-8-6-5-7-9-14/h5-9,13H,10-12H2,1-4H3,(H,23,27)/t13-/m1/s1. The molecule has 0 aliphatic heterocycles. The van der Waals surface area contributed by atoms with Crippen LogP contribution in [0.5, 0.6) is 0 Å². The second-order valence-electron chi connectivity index (χ2n) is 7.40. The fourth-order valence-electron chi connectivity index (χ4n) is 2.07. The van der Waals surface area contributed by atoms with E-state index in [2.05, 4.69) is 5.32 Å². The first-order valence-corrected chi connectivity index (χ1v) is 8.65. The summed E-state index contributed by atoms with van der Waals surface area (Å²) >= 11 is 0. The number of amides is 2. The lowest BCUT2D eigenvalue weighted by atomic mass is 9.95. The van der Waals surface area contributed by atoms with Gasteiger partial charge < -0.3 is 15.0 Å². The number of hydrogen-bond donors (Lipinski definition) is 1. The topological polar surface area (TPSA) is 75.7 Å². The Hall–Kier alpha value is -2.58. The lowest BCUT2D eigenvalue weighted by Crippen LogP contribution is -2.46. The summed E-state index contributed by atoms with van der Waals surface area (Å²) in [5.41, 5.74) is -0.221. The average molecular weight is 402 g/mol. The second-order valence-corrected chi connectivity index (χ2v) is 7.40. The smallest absolute Gasteiger partial charge is 0.406 e. The normalized spacial score (nSPS) is 12.8. The van der Waals surface area contributed by atoms with Gasteiger partial charge >= 0.3 is 12.1 Å². The Morgan fingerprint density at radius 3 is 2.18 bits per heavy atom. The lowest BCUT2D eigenvalue weighted by Gasteiger charge is -2.24. The Bertz CT molecular complexity index is 685. The van der Waals surface area contributed by atoms with Crippen LogP contribution in [-0.2, 0) is 25.7 Å². The Balaban J connectivity index is 2.69. The molecule has 28 heavy (non-hydrogen) atoms. The molecule has 0 saturated carbocycles. The first-order valence-electron chi connectivity index (χ1n) is 8.65. The van der Waals surface area contributed by atoms with Crippen molar-refractivity contribution in [2.24, 2.45) is 5.41 Å². The van der Waals surface area contributed by atoms with Gasteiger partial charge in [0.05, 0.1) is 0 Å². The number of hydrogen-bond acceptors (Lipinski definition) is 4. The zero-order chi connectivity index (χ0) is 21.5. The van der Waals surface area contributed by atoms with Crippen molar-refractivity contribution in [2.75, 3.05) is 13.2 Å². The molecule has 1 aromatic rings. The van der Waals surface area contributed by atoms with Crippen LogP contribution in [0.3, 0.4) is 0 Å². The van der Waals surface area contributed by atoms with E-state index in [1.807, 2.05) is 0 Å². The molecule has 0 bridgehead atoms. The van der Waals surface area contributed by atoms with Gasteiger partial charge in [0.2, 0.25) is 5.91 Å². The van der Waals surface area contributed by atoms with E-state index in [-0.39, 0.29) is 6.54 Å². The fraction of sp³-hybridized carbons (Fsp3) is 0.526. The van der Waals surface area contributed by atoms with Gasteiger partial charge in [0.1, 0.15) is 12.6 Å². The summed E-state index contributed by atoms with van der Waals surface area (Å²) < 4.78 is 43.2. The van der Waals surface area contributed by atoms with Crippen LogP contribution in [0.4, 0.5) is 13.2 Å². The number of esters is 1. The van der Waals surface area contributed by atoms with Gasteiger partial charge in [-0.2, -0.15) is 13.2 Å². The van der Waals surface area contributed by atoms with E-state index < -0.39 is 48.6 Å². The highest BCUT2D eigenvalue weighted by Crippen LogP contribution is 2.18. The highest BCUT2D eigenvalue weighted by atomic mass is 19.4. The molecule has 0 fully saturated rings. The van der Waals surface area contributed by atoms with Gasteiger partial charge in [-0.05, 0) is 12.5 Å². The highest BCUT2D eigenvalue weighted by molar-refractivity contribution is 5.88. The minimum Gasteiger partial charge on any atom is -0.454 e. The van der Waals surface area contributed by atoms with E-state index in [9.17, 15) is 27.6 Å². The molecule has 1 atom stereocenters. The van der Waals surface area contributed by atoms with E-state index in [0.717, 1.165) is 0 Å². The maximum atomic E-state index is 12.8. The summed E-state index contributed by atoms with van der Waals surface area (Å²) in [7, 11) is 0. The highest BCUT2D eigenvalue weighted by Gasteiger charge is 2.33. The number of nitrogens with one attached hydrogen (secondary N) is 1. The first-order chi connectivity index (χ1) is 12.8. The number of nitrogens with zero attached hydrogens (tertiary/aromatic N) is 1. The third kappa shape index (κ3) is 8.41. The molecular formula is C19H25F3N2O4. The summed E-state index contributed by atoms with van der Waals surface area (Å²) in [6.45, 7) is 3.75. The predicted molar refractivity (Wildman–Crippen MR) is 95.9 cm³/mol. The van der Waals surface area contributed by atoms with Crippen molar-refractivity contribution >= 4 is 17.8 Å². The third-order valence-corrected chi connectivity index (χ3v) is 3.66. The Morgan fingerprint density at radius 2 is 1.68 bits per heavy atom. The Labute approximate surface area is 162 Å². The van der Waals surface area contributed by atoms with Gasteiger partial charge in [-0.25, -0.2) is 4.79 Å². The maximum Gasteiger partial charge on any atom is 0.406 e. The molecule has 0 unspecified atom stereocenters. The molecule has 156 valence electrons. The summed E-state index contributed by atoms with van der Waals surface area (Å²) in [6.07, 6.45) is -4.59. The SMILES string of the molecule is C[C@@H](NC(=O)C(C)(C)C)C(=O)OCC(=O)N(Cc1ccccc1)CC(F)(F)F. The van der Waals surface area contributed by atoms with Crippen LogP contribution in [0.1, 0.15) is 33.3 Å². The molecule has 0 aliphatic rings. The predicted octanol–water partition coefficient (Wildman–Crippen LogP) is 2.67. The van der Waals surface area contributed by atoms with Crippen molar-refractivity contribution in [3.63, 3.8) is 0 Å². The largest absolute Gasteiger partial charge is 0.454 e. The van der Waals surface area contributed by atoms with Crippen molar-refractivity contribution in [3.8, 4) is 0 Å². The molecule has 0 saturated heterocycles. The fourth-order valence-corrected chi connectivity index (χ4v) is 2.07. The van der Waals surface area contributed by atoms with Crippen LogP contribution in [0, 0.1) is 5.41 Å². The molecule has 0 radical (unpaired) electrons. The van der Waals surface area contributed by atoms with E-state index in [1.165, 1.54) is 6.92 Å². The van der Waals surface area contributed by atoms with Crippen LogP contribution in [0.25, 0.3) is 0 Å². The summed E-state index contributed by atoms with van der Waals surface area (Å²) in [4.78, 5) is 36.6. The number of carbonyl (C=O) groups excluding carboxylic acids is 3.